The molecule has 0 saturated carbocycles. The largest absolute Gasteiger partial charge is 0.658 e. The van der Waals surface area contributed by atoms with Crippen molar-refractivity contribution >= 4 is 28.7 Å². The van der Waals surface area contributed by atoms with Gasteiger partial charge in [-0.3, -0.25) is 9.69 Å². The molecule has 1 amide bonds. The first-order valence-corrected chi connectivity index (χ1v) is 11.6. The van der Waals surface area contributed by atoms with Crippen LogP contribution in [0.4, 0.5) is 22.7 Å². The normalized spacial score (nSPS) is 18.7. The minimum atomic E-state index is -0.107. The Morgan fingerprint density at radius 2 is 1.82 bits per heavy atom. The third-order valence-electron chi connectivity index (χ3n) is 5.75. The summed E-state index contributed by atoms with van der Waals surface area (Å²) in [5.41, 5.74) is 4.52. The second-order valence-corrected chi connectivity index (χ2v) is 7.96. The summed E-state index contributed by atoms with van der Waals surface area (Å²) < 4.78 is 4.95. The van der Waals surface area contributed by atoms with Gasteiger partial charge in [0.1, 0.15) is 6.17 Å². The van der Waals surface area contributed by atoms with Crippen molar-refractivity contribution in [2.24, 2.45) is 0 Å². The van der Waals surface area contributed by atoms with Crippen LogP contribution in [0.2, 0.25) is 0 Å². The van der Waals surface area contributed by atoms with E-state index in [1.807, 2.05) is 32.0 Å². The molecular formula is C25H36N5O2Y-. The quantitative estimate of drug-likeness (QED) is 0.418. The van der Waals surface area contributed by atoms with Crippen LogP contribution in [0, 0.1) is 0 Å². The number of fused-ring (bicyclic) bond motifs is 1. The van der Waals surface area contributed by atoms with Gasteiger partial charge in [-0.1, -0.05) is 50.2 Å². The zero-order chi connectivity index (χ0) is 22.9. The molecule has 2 aliphatic heterocycles. The summed E-state index contributed by atoms with van der Waals surface area (Å²) in [6.45, 7) is 9.47. The number of carbonyl (C=O) groups excluding carboxylic acids is 1. The number of nitrogens with one attached hydrogen (secondary N) is 3. The smallest absolute Gasteiger partial charge is 0.251 e. The number of rotatable bonds is 8. The van der Waals surface area contributed by atoms with Crippen LogP contribution < -0.4 is 16.0 Å². The van der Waals surface area contributed by atoms with E-state index in [1.165, 1.54) is 19.4 Å². The van der Waals surface area contributed by atoms with E-state index in [1.54, 1.807) is 19.2 Å². The molecule has 2 aliphatic rings. The summed E-state index contributed by atoms with van der Waals surface area (Å²) in [5, 5.41) is 14.7. The molecule has 0 aliphatic carbocycles. The molecule has 0 spiro atoms. The number of likely N-dealkylation sites (tertiary alicyclic amines) is 1. The van der Waals surface area contributed by atoms with Crippen LogP contribution in [-0.2, 0) is 37.4 Å². The molecular weight excluding hydrogens is 491 g/mol. The number of anilines is 2. The molecule has 177 valence electrons. The SMILES string of the molecule is CC.COCCNC(=O)c1ccc([N-]c2ccc3c(c2)NC(CN2CCCC2C)N3)cc1.[Y]. The maximum atomic E-state index is 12.1. The molecule has 8 heteroatoms. The third-order valence-corrected chi connectivity index (χ3v) is 5.75. The van der Waals surface area contributed by atoms with Crippen molar-refractivity contribution in [2.75, 3.05) is 44.0 Å². The number of ether oxygens (including phenoxy) is 1. The molecule has 0 aromatic heterocycles. The predicted molar refractivity (Wildman–Crippen MR) is 132 cm³/mol. The molecule has 1 saturated heterocycles. The van der Waals surface area contributed by atoms with E-state index in [0.29, 0.717) is 24.8 Å². The van der Waals surface area contributed by atoms with Gasteiger partial charge in [-0.15, -0.1) is 11.4 Å². The van der Waals surface area contributed by atoms with E-state index >= 15 is 0 Å². The van der Waals surface area contributed by atoms with Crippen LogP contribution in [-0.4, -0.2) is 56.4 Å². The van der Waals surface area contributed by atoms with Crippen molar-refractivity contribution < 1.29 is 42.2 Å². The maximum absolute atomic E-state index is 12.1. The summed E-state index contributed by atoms with van der Waals surface area (Å²) in [6.07, 6.45) is 2.81. The molecule has 3 N–H and O–H groups in total. The molecule has 1 fully saturated rings. The van der Waals surface area contributed by atoms with Crippen LogP contribution in [0.3, 0.4) is 0 Å². The van der Waals surface area contributed by atoms with Crippen LogP contribution in [0.25, 0.3) is 5.32 Å². The fourth-order valence-electron chi connectivity index (χ4n) is 4.05. The van der Waals surface area contributed by atoms with Crippen molar-refractivity contribution in [2.45, 2.75) is 45.8 Å². The monoisotopic (exact) mass is 527 g/mol. The molecule has 33 heavy (non-hydrogen) atoms. The molecule has 2 aromatic rings. The molecule has 2 atom stereocenters. The number of nitrogens with zero attached hydrogens (tertiary/aromatic N) is 2. The fourth-order valence-corrected chi connectivity index (χ4v) is 4.05. The number of hydrogen-bond donors (Lipinski definition) is 3. The number of amides is 1. The summed E-state index contributed by atoms with van der Waals surface area (Å²) in [7, 11) is 1.61. The Morgan fingerprint density at radius 1 is 1.12 bits per heavy atom. The maximum Gasteiger partial charge on any atom is 0.251 e. The first-order chi connectivity index (χ1) is 15.6. The van der Waals surface area contributed by atoms with Gasteiger partial charge in [-0.05, 0) is 32.4 Å². The van der Waals surface area contributed by atoms with Crippen molar-refractivity contribution in [1.82, 2.24) is 10.2 Å². The van der Waals surface area contributed by atoms with Crippen LogP contribution in [0.1, 0.15) is 44.0 Å². The fraction of sp³-hybridized carbons (Fsp3) is 0.480. The Balaban J connectivity index is 0.00000125. The van der Waals surface area contributed by atoms with E-state index in [4.69, 9.17) is 10.1 Å². The van der Waals surface area contributed by atoms with Gasteiger partial charge in [0.05, 0.1) is 18.0 Å². The second-order valence-electron chi connectivity index (χ2n) is 7.96. The van der Waals surface area contributed by atoms with Crippen LogP contribution >= 0.6 is 0 Å². The third kappa shape index (κ3) is 7.67. The van der Waals surface area contributed by atoms with Gasteiger partial charge in [0.2, 0.25) is 0 Å². The van der Waals surface area contributed by atoms with Crippen LogP contribution in [0.15, 0.2) is 42.5 Å². The van der Waals surface area contributed by atoms with E-state index in [-0.39, 0.29) is 44.8 Å². The number of methoxy groups -OCH3 is 1. The Labute approximate surface area is 223 Å². The topological polar surface area (TPSA) is 79.7 Å². The predicted octanol–water partition coefficient (Wildman–Crippen LogP) is 5.07. The van der Waals surface area contributed by atoms with E-state index in [0.717, 1.165) is 29.3 Å². The average molecular weight is 528 g/mol. The first kappa shape index (κ1) is 27.6. The first-order valence-electron chi connectivity index (χ1n) is 11.6. The van der Waals surface area contributed by atoms with Gasteiger partial charge in [0, 0.05) is 64.5 Å². The van der Waals surface area contributed by atoms with Crippen molar-refractivity contribution in [3.63, 3.8) is 0 Å². The molecule has 4 rings (SSSR count). The molecule has 7 nitrogen and oxygen atoms in total. The second kappa shape index (κ2) is 13.9. The zero-order valence-corrected chi connectivity index (χ0v) is 23.1. The standard InChI is InChI=1S/C23H31N5O2.C2H6.Y/c1-16-4-3-12-28(16)15-22-26-20-10-9-19(14-21(20)27-22)25-18-7-5-17(6-8-18)23(29)24-11-13-30-2;1-2;/h5-10,14,16,22,26-27H,3-4,11-13,15H2,1-2H3,(H2,24,25,29);1-2H3;/p-1. The van der Waals surface area contributed by atoms with E-state index in [2.05, 4.69) is 39.9 Å². The Hall–Kier alpha value is -1.67. The van der Waals surface area contributed by atoms with Gasteiger partial charge in [0.15, 0.2) is 0 Å². The van der Waals surface area contributed by atoms with Crippen molar-refractivity contribution in [3.8, 4) is 0 Å². The Morgan fingerprint density at radius 3 is 2.48 bits per heavy atom. The van der Waals surface area contributed by atoms with Gasteiger partial charge >= 0.3 is 0 Å². The Kier molecular flexibility index (Phi) is 11.6. The van der Waals surface area contributed by atoms with Gasteiger partial charge in [-0.2, -0.15) is 0 Å². The summed E-state index contributed by atoms with van der Waals surface area (Å²) in [5.74, 6) is -0.107. The molecule has 0 bridgehead atoms. The number of carbonyl (C=O) groups is 1. The van der Waals surface area contributed by atoms with Crippen LogP contribution in [0.5, 0.6) is 0 Å². The van der Waals surface area contributed by atoms with Gasteiger partial charge in [0.25, 0.3) is 5.91 Å². The van der Waals surface area contributed by atoms with Crippen molar-refractivity contribution in [3.05, 3.63) is 53.3 Å². The summed E-state index contributed by atoms with van der Waals surface area (Å²) in [6, 6.07) is 14.1. The summed E-state index contributed by atoms with van der Waals surface area (Å²) in [4.78, 5) is 14.6. The number of hydrogen-bond acceptors (Lipinski definition) is 5. The minimum Gasteiger partial charge on any atom is -0.658 e. The van der Waals surface area contributed by atoms with Gasteiger partial charge < -0.3 is 26.0 Å². The summed E-state index contributed by atoms with van der Waals surface area (Å²) >= 11 is 0. The minimum absolute atomic E-state index is 0. The zero-order valence-electron chi connectivity index (χ0n) is 20.2. The van der Waals surface area contributed by atoms with Gasteiger partial charge in [-0.25, -0.2) is 0 Å². The van der Waals surface area contributed by atoms with E-state index in [9.17, 15) is 4.79 Å². The van der Waals surface area contributed by atoms with E-state index < -0.39 is 0 Å². The molecule has 2 aromatic carbocycles. The van der Waals surface area contributed by atoms with Crippen molar-refractivity contribution in [1.29, 1.82) is 0 Å². The molecule has 1 radical (unpaired) electrons. The number of benzene rings is 2. The Bertz CT molecular complexity index is 878. The molecule has 2 unspecified atom stereocenters. The average Bonchev–Trinajstić information content (AvgIpc) is 3.41. The molecule has 2 heterocycles.